The van der Waals surface area contributed by atoms with Gasteiger partial charge >= 0.3 is 11.7 Å². The maximum Gasteiger partial charge on any atom is 0.330 e. The first-order valence-corrected chi connectivity index (χ1v) is 10.6. The zero-order valence-electron chi connectivity index (χ0n) is 16.3. The Morgan fingerprint density at radius 1 is 1.34 bits per heavy atom. The fraction of sp³-hybridized carbons (Fsp3) is 0.632. The number of aromatic nitrogens is 2. The van der Waals surface area contributed by atoms with Crippen molar-refractivity contribution in [2.24, 2.45) is 0 Å². The largest absolute Gasteiger partial charge is 0.455 e. The Hall–Kier alpha value is -1.75. The molecule has 1 aromatic rings. The van der Waals surface area contributed by atoms with Gasteiger partial charge in [-0.2, -0.15) is 0 Å². The monoisotopic (exact) mass is 474 g/mol. The Bertz CT molecular complexity index is 820. The second-order valence-corrected chi connectivity index (χ2v) is 7.43. The number of hydrogen-bond donors (Lipinski definition) is 3. The Kier molecular flexibility index (Phi) is 9.28. The number of aliphatic hydroxyl groups is 2. The van der Waals surface area contributed by atoms with E-state index in [9.17, 15) is 24.6 Å². The predicted octanol–water partition coefficient (Wildman–Crippen LogP) is 1.43. The van der Waals surface area contributed by atoms with Gasteiger partial charge in [-0.05, 0) is 17.5 Å². The summed E-state index contributed by atoms with van der Waals surface area (Å²) in [5.74, 6) is -0.518. The van der Waals surface area contributed by atoms with E-state index < -0.39 is 48.4 Å². The minimum absolute atomic E-state index is 0.160. The Morgan fingerprint density at radius 2 is 2.07 bits per heavy atom. The van der Waals surface area contributed by atoms with Crippen molar-refractivity contribution in [2.75, 3.05) is 6.61 Å². The molecule has 4 unspecified atom stereocenters. The SMILES string of the molecule is CCCCCCCC(=O)OC1C(O)C(CO)OC1n1cc(/C=C/Br)c(=O)[nH]c1=O. The minimum Gasteiger partial charge on any atom is -0.455 e. The van der Waals surface area contributed by atoms with Gasteiger partial charge in [-0.3, -0.25) is 19.1 Å². The maximum absolute atomic E-state index is 12.3. The molecule has 1 aliphatic rings. The number of ether oxygens (including phenoxy) is 2. The highest BCUT2D eigenvalue weighted by molar-refractivity contribution is 9.11. The van der Waals surface area contributed by atoms with Crippen LogP contribution in [0.2, 0.25) is 0 Å². The van der Waals surface area contributed by atoms with E-state index in [-0.39, 0.29) is 12.0 Å². The molecular weight excluding hydrogens is 448 g/mol. The highest BCUT2D eigenvalue weighted by atomic mass is 79.9. The molecule has 2 heterocycles. The molecule has 10 heteroatoms. The van der Waals surface area contributed by atoms with E-state index in [2.05, 4.69) is 27.8 Å². The van der Waals surface area contributed by atoms with Crippen LogP contribution in [0.4, 0.5) is 0 Å². The quantitative estimate of drug-likeness (QED) is 0.345. The molecule has 9 nitrogen and oxygen atoms in total. The van der Waals surface area contributed by atoms with Crippen LogP contribution in [-0.2, 0) is 14.3 Å². The number of aliphatic hydroxyl groups excluding tert-OH is 2. The fourth-order valence-corrected chi connectivity index (χ4v) is 3.46. The van der Waals surface area contributed by atoms with Crippen LogP contribution in [0, 0.1) is 0 Å². The summed E-state index contributed by atoms with van der Waals surface area (Å²) < 4.78 is 12.0. The summed E-state index contributed by atoms with van der Waals surface area (Å²) in [6, 6.07) is 0. The second kappa shape index (κ2) is 11.4. The number of carbonyl (C=O) groups excluding carboxylic acids is 1. The molecule has 0 radical (unpaired) electrons. The van der Waals surface area contributed by atoms with Crippen LogP contribution >= 0.6 is 15.9 Å². The first-order chi connectivity index (χ1) is 13.9. The molecular formula is C19H27BrN2O7. The van der Waals surface area contributed by atoms with Gasteiger partial charge < -0.3 is 19.7 Å². The molecule has 0 bridgehead atoms. The van der Waals surface area contributed by atoms with Gasteiger partial charge in [0.2, 0.25) is 0 Å². The molecule has 0 spiro atoms. The normalized spacial score (nSPS) is 24.3. The number of hydrogen-bond acceptors (Lipinski definition) is 7. The van der Waals surface area contributed by atoms with E-state index in [0.29, 0.717) is 6.42 Å². The Morgan fingerprint density at radius 3 is 2.72 bits per heavy atom. The van der Waals surface area contributed by atoms with Gasteiger partial charge in [0, 0.05) is 12.6 Å². The van der Waals surface area contributed by atoms with Gasteiger partial charge in [-0.15, -0.1) is 0 Å². The summed E-state index contributed by atoms with van der Waals surface area (Å²) in [6.07, 6.45) is 2.93. The van der Waals surface area contributed by atoms with E-state index in [1.165, 1.54) is 17.3 Å². The van der Waals surface area contributed by atoms with Crippen LogP contribution in [-0.4, -0.2) is 50.7 Å². The predicted molar refractivity (Wildman–Crippen MR) is 110 cm³/mol. The molecule has 3 N–H and O–H groups in total. The van der Waals surface area contributed by atoms with Crippen LogP contribution in [0.25, 0.3) is 6.08 Å². The number of rotatable bonds is 10. The lowest BCUT2D eigenvalue weighted by atomic mass is 10.1. The van der Waals surface area contributed by atoms with E-state index in [0.717, 1.165) is 30.3 Å². The van der Waals surface area contributed by atoms with Crippen molar-refractivity contribution in [1.29, 1.82) is 0 Å². The third-order valence-electron chi connectivity index (χ3n) is 4.76. The Balaban J connectivity index is 2.19. The summed E-state index contributed by atoms with van der Waals surface area (Å²) in [6.45, 7) is 1.58. The standard InChI is InChI=1S/C19H27BrN2O7/c1-2-3-4-5-6-7-14(24)29-16-15(25)13(11-23)28-18(16)22-10-12(8-9-20)17(26)21-19(22)27/h8-10,13,15-16,18,23,25H,2-7,11H2,1H3,(H,21,26,27)/b9-8+. The molecule has 0 aromatic carbocycles. The molecule has 0 saturated carbocycles. The Labute approximate surface area is 176 Å². The van der Waals surface area contributed by atoms with Crippen molar-refractivity contribution in [3.8, 4) is 0 Å². The van der Waals surface area contributed by atoms with Crippen molar-refractivity contribution in [1.82, 2.24) is 9.55 Å². The summed E-state index contributed by atoms with van der Waals surface area (Å²) in [5.41, 5.74) is -1.22. The second-order valence-electron chi connectivity index (χ2n) is 6.90. The van der Waals surface area contributed by atoms with Crippen LogP contribution in [0.1, 0.15) is 57.2 Å². The fourth-order valence-electron chi connectivity index (χ4n) is 3.18. The highest BCUT2D eigenvalue weighted by Crippen LogP contribution is 2.31. The van der Waals surface area contributed by atoms with Gasteiger partial charge in [-0.25, -0.2) is 4.79 Å². The maximum atomic E-state index is 12.3. The van der Waals surface area contributed by atoms with Crippen LogP contribution in [0.5, 0.6) is 0 Å². The zero-order chi connectivity index (χ0) is 21.4. The molecule has 2 rings (SSSR count). The lowest BCUT2D eigenvalue weighted by molar-refractivity contribution is -0.159. The topological polar surface area (TPSA) is 131 Å². The van der Waals surface area contributed by atoms with Gasteiger partial charge in [0.05, 0.1) is 12.2 Å². The van der Waals surface area contributed by atoms with Gasteiger partial charge in [-0.1, -0.05) is 48.5 Å². The third kappa shape index (κ3) is 6.11. The first-order valence-electron chi connectivity index (χ1n) is 9.69. The minimum atomic E-state index is -1.32. The van der Waals surface area contributed by atoms with E-state index in [1.54, 1.807) is 0 Å². The van der Waals surface area contributed by atoms with Crippen molar-refractivity contribution in [3.63, 3.8) is 0 Å². The van der Waals surface area contributed by atoms with Crippen LogP contribution < -0.4 is 11.2 Å². The zero-order valence-corrected chi connectivity index (χ0v) is 17.8. The van der Waals surface area contributed by atoms with Crippen molar-refractivity contribution in [2.45, 2.75) is 70.0 Å². The van der Waals surface area contributed by atoms with Crippen molar-refractivity contribution >= 4 is 28.0 Å². The molecule has 29 heavy (non-hydrogen) atoms. The first kappa shape index (κ1) is 23.5. The molecule has 0 amide bonds. The molecule has 4 atom stereocenters. The lowest BCUT2D eigenvalue weighted by Crippen LogP contribution is -2.41. The number of carbonyl (C=O) groups is 1. The smallest absolute Gasteiger partial charge is 0.330 e. The van der Waals surface area contributed by atoms with E-state index >= 15 is 0 Å². The van der Waals surface area contributed by atoms with Gasteiger partial charge in [0.15, 0.2) is 12.3 Å². The number of nitrogens with one attached hydrogen (secondary N) is 1. The van der Waals surface area contributed by atoms with Gasteiger partial charge in [0.25, 0.3) is 5.56 Å². The van der Waals surface area contributed by atoms with Crippen molar-refractivity contribution < 1.29 is 24.5 Å². The third-order valence-corrected chi connectivity index (χ3v) is 5.02. The number of nitrogens with zero attached hydrogens (tertiary/aromatic N) is 1. The number of unbranched alkanes of at least 4 members (excludes halogenated alkanes) is 4. The number of aromatic amines is 1. The summed E-state index contributed by atoms with van der Waals surface area (Å²) in [4.78, 5) is 40.0. The van der Waals surface area contributed by atoms with Crippen LogP contribution in [0.15, 0.2) is 20.8 Å². The van der Waals surface area contributed by atoms with E-state index in [1.807, 2.05) is 0 Å². The molecule has 0 aliphatic carbocycles. The summed E-state index contributed by atoms with van der Waals surface area (Å²) in [7, 11) is 0. The summed E-state index contributed by atoms with van der Waals surface area (Å²) >= 11 is 3.07. The highest BCUT2D eigenvalue weighted by Gasteiger charge is 2.47. The molecule has 1 aromatic heterocycles. The molecule has 1 fully saturated rings. The van der Waals surface area contributed by atoms with E-state index in [4.69, 9.17) is 9.47 Å². The average molecular weight is 475 g/mol. The molecule has 162 valence electrons. The van der Waals surface area contributed by atoms with Crippen LogP contribution in [0.3, 0.4) is 0 Å². The molecule has 1 saturated heterocycles. The molecule has 1 aliphatic heterocycles. The average Bonchev–Trinajstić information content (AvgIpc) is 2.99. The lowest BCUT2D eigenvalue weighted by Gasteiger charge is -2.22. The summed E-state index contributed by atoms with van der Waals surface area (Å²) in [5, 5.41) is 19.9. The van der Waals surface area contributed by atoms with Crippen molar-refractivity contribution in [3.05, 3.63) is 37.6 Å². The number of halogens is 1. The number of H-pyrrole nitrogens is 1. The van der Waals surface area contributed by atoms with Gasteiger partial charge in [0.1, 0.15) is 12.2 Å². The number of esters is 1.